The summed E-state index contributed by atoms with van der Waals surface area (Å²) >= 11 is 0. The summed E-state index contributed by atoms with van der Waals surface area (Å²) in [6.07, 6.45) is 7.73. The van der Waals surface area contributed by atoms with Crippen molar-refractivity contribution in [3.05, 3.63) is 39.7 Å². The molecule has 0 aromatic carbocycles. The molecule has 1 aromatic heterocycles. The molecule has 0 atom stereocenters. The van der Waals surface area contributed by atoms with Crippen LogP contribution < -0.4 is 5.32 Å². The number of nitrogens with zero attached hydrogens (tertiary/aromatic N) is 1. The highest BCUT2D eigenvalue weighted by Crippen LogP contribution is 2.19. The van der Waals surface area contributed by atoms with Crippen molar-refractivity contribution in [3.8, 4) is 0 Å². The summed E-state index contributed by atoms with van der Waals surface area (Å²) in [5.41, 5.74) is 1.37. The summed E-state index contributed by atoms with van der Waals surface area (Å²) < 4.78 is 4.82. The molecule has 0 spiro atoms. The van der Waals surface area contributed by atoms with Gasteiger partial charge < -0.3 is 9.73 Å². The van der Waals surface area contributed by atoms with Crippen LogP contribution in [0.5, 0.6) is 0 Å². The summed E-state index contributed by atoms with van der Waals surface area (Å²) in [7, 11) is 0. The normalized spacial score (nSPS) is 14.8. The fraction of sp³-hybridized carbons (Fsp3) is 0.462. The van der Waals surface area contributed by atoms with Gasteiger partial charge in [0.2, 0.25) is 0 Å². The van der Waals surface area contributed by atoms with Gasteiger partial charge in [0.05, 0.1) is 6.07 Å². The molecule has 6 nitrogen and oxygen atoms in total. The summed E-state index contributed by atoms with van der Waals surface area (Å²) in [5, 5.41) is 13.1. The Labute approximate surface area is 110 Å². The first kappa shape index (κ1) is 13.3. The minimum atomic E-state index is -0.663. The Balaban J connectivity index is 1.80. The highest BCUT2D eigenvalue weighted by Gasteiger charge is 2.16. The number of furan rings is 1. The van der Waals surface area contributed by atoms with Gasteiger partial charge in [-0.05, 0) is 38.2 Å². The second kappa shape index (κ2) is 6.17. The monoisotopic (exact) mass is 264 g/mol. The van der Waals surface area contributed by atoms with Gasteiger partial charge in [-0.1, -0.05) is 11.6 Å². The van der Waals surface area contributed by atoms with Crippen molar-refractivity contribution in [3.63, 3.8) is 0 Å². The Morgan fingerprint density at radius 3 is 2.89 bits per heavy atom. The average molecular weight is 264 g/mol. The summed E-state index contributed by atoms with van der Waals surface area (Å²) in [6.45, 7) is 0.527. The number of hydrogen-bond donors (Lipinski definition) is 1. The van der Waals surface area contributed by atoms with Crippen LogP contribution in [0.2, 0.25) is 0 Å². The van der Waals surface area contributed by atoms with Crippen molar-refractivity contribution in [2.24, 2.45) is 0 Å². The number of amides is 1. The van der Waals surface area contributed by atoms with Crippen molar-refractivity contribution in [2.45, 2.75) is 32.1 Å². The first-order chi connectivity index (χ1) is 9.16. The number of carbonyl (C=O) groups is 1. The van der Waals surface area contributed by atoms with E-state index in [1.807, 2.05) is 0 Å². The van der Waals surface area contributed by atoms with E-state index in [1.54, 1.807) is 0 Å². The van der Waals surface area contributed by atoms with Gasteiger partial charge in [-0.2, -0.15) is 0 Å². The Kier molecular flexibility index (Phi) is 4.33. The third-order valence-electron chi connectivity index (χ3n) is 3.11. The maximum absolute atomic E-state index is 11.7. The lowest BCUT2D eigenvalue weighted by molar-refractivity contribution is -0.402. The summed E-state index contributed by atoms with van der Waals surface area (Å²) in [6, 6.07) is 2.49. The topological polar surface area (TPSA) is 85.4 Å². The van der Waals surface area contributed by atoms with Crippen LogP contribution in [-0.2, 0) is 0 Å². The molecule has 0 saturated carbocycles. The largest absolute Gasteiger partial charge is 0.433 e. The Morgan fingerprint density at radius 1 is 1.42 bits per heavy atom. The smallest absolute Gasteiger partial charge is 0.395 e. The number of rotatable bonds is 5. The first-order valence-electron chi connectivity index (χ1n) is 6.37. The van der Waals surface area contributed by atoms with Crippen LogP contribution in [0.1, 0.15) is 42.7 Å². The van der Waals surface area contributed by atoms with Crippen molar-refractivity contribution >= 4 is 11.8 Å². The van der Waals surface area contributed by atoms with Gasteiger partial charge in [0.1, 0.15) is 4.92 Å². The lowest BCUT2D eigenvalue weighted by Gasteiger charge is -2.12. The maximum Gasteiger partial charge on any atom is 0.433 e. The average Bonchev–Trinajstić information content (AvgIpc) is 2.89. The van der Waals surface area contributed by atoms with Crippen LogP contribution in [0.3, 0.4) is 0 Å². The lowest BCUT2D eigenvalue weighted by atomic mass is 9.97. The van der Waals surface area contributed by atoms with Crippen LogP contribution in [-0.4, -0.2) is 17.4 Å². The molecule has 1 aliphatic rings. The molecule has 0 saturated heterocycles. The fourth-order valence-corrected chi connectivity index (χ4v) is 2.10. The zero-order valence-electron chi connectivity index (χ0n) is 10.6. The van der Waals surface area contributed by atoms with E-state index < -0.39 is 16.7 Å². The molecule has 2 rings (SSSR count). The van der Waals surface area contributed by atoms with E-state index in [0.29, 0.717) is 6.54 Å². The molecule has 0 radical (unpaired) electrons. The lowest BCUT2D eigenvalue weighted by Crippen LogP contribution is -2.24. The number of carbonyl (C=O) groups excluding carboxylic acids is 1. The van der Waals surface area contributed by atoms with Gasteiger partial charge in [-0.25, -0.2) is 0 Å². The molecule has 1 amide bonds. The van der Waals surface area contributed by atoms with Crippen LogP contribution >= 0.6 is 0 Å². The van der Waals surface area contributed by atoms with Gasteiger partial charge in [0.15, 0.2) is 5.76 Å². The minimum absolute atomic E-state index is 0.0238. The van der Waals surface area contributed by atoms with Gasteiger partial charge in [0, 0.05) is 6.54 Å². The van der Waals surface area contributed by atoms with Crippen LogP contribution in [0.25, 0.3) is 0 Å². The van der Waals surface area contributed by atoms with Gasteiger partial charge in [-0.3, -0.25) is 14.9 Å². The summed E-state index contributed by atoms with van der Waals surface area (Å²) in [5.74, 6) is -0.853. The standard InChI is InChI=1S/C13H16N2O4/c16-13(11-6-7-12(19-11)15(17)18)14-9-8-10-4-2-1-3-5-10/h4,6-7H,1-3,5,8-9H2,(H,14,16). The third kappa shape index (κ3) is 3.67. The molecular weight excluding hydrogens is 248 g/mol. The van der Waals surface area contributed by atoms with Gasteiger partial charge >= 0.3 is 5.88 Å². The zero-order valence-corrected chi connectivity index (χ0v) is 10.6. The Hall–Kier alpha value is -2.11. The second-order valence-electron chi connectivity index (χ2n) is 4.51. The maximum atomic E-state index is 11.7. The molecule has 0 aliphatic heterocycles. The molecule has 0 unspecified atom stereocenters. The predicted octanol–water partition coefficient (Wildman–Crippen LogP) is 2.81. The van der Waals surface area contributed by atoms with E-state index in [0.717, 1.165) is 19.3 Å². The highest BCUT2D eigenvalue weighted by molar-refractivity contribution is 5.91. The molecule has 6 heteroatoms. The minimum Gasteiger partial charge on any atom is -0.395 e. The van der Waals surface area contributed by atoms with E-state index in [2.05, 4.69) is 11.4 Å². The SMILES string of the molecule is O=C(NCCC1=CCCCC1)c1ccc([N+](=O)[O-])o1. The molecule has 1 aliphatic carbocycles. The summed E-state index contributed by atoms with van der Waals surface area (Å²) in [4.78, 5) is 21.4. The molecule has 0 bridgehead atoms. The predicted molar refractivity (Wildman–Crippen MR) is 68.9 cm³/mol. The molecular formula is C13H16N2O4. The number of hydrogen-bond acceptors (Lipinski definition) is 4. The van der Waals surface area contributed by atoms with Crippen LogP contribution in [0.4, 0.5) is 5.88 Å². The molecule has 1 N–H and O–H groups in total. The number of allylic oxidation sites excluding steroid dienone is 1. The second-order valence-corrected chi connectivity index (χ2v) is 4.51. The van der Waals surface area contributed by atoms with Crippen molar-refractivity contribution in [2.75, 3.05) is 6.54 Å². The van der Waals surface area contributed by atoms with Gasteiger partial charge in [0.25, 0.3) is 5.91 Å². The third-order valence-corrected chi connectivity index (χ3v) is 3.11. The highest BCUT2D eigenvalue weighted by atomic mass is 16.6. The zero-order chi connectivity index (χ0) is 13.7. The molecule has 1 aromatic rings. The first-order valence-corrected chi connectivity index (χ1v) is 6.37. The van der Waals surface area contributed by atoms with Gasteiger partial charge in [-0.15, -0.1) is 0 Å². The van der Waals surface area contributed by atoms with E-state index in [4.69, 9.17) is 4.42 Å². The number of nitro groups is 1. The molecule has 1 heterocycles. The fourth-order valence-electron chi connectivity index (χ4n) is 2.10. The van der Waals surface area contributed by atoms with Crippen molar-refractivity contribution in [1.82, 2.24) is 5.32 Å². The Bertz CT molecular complexity index is 504. The molecule has 0 fully saturated rings. The van der Waals surface area contributed by atoms with E-state index >= 15 is 0 Å². The van der Waals surface area contributed by atoms with Crippen molar-refractivity contribution < 1.29 is 14.1 Å². The van der Waals surface area contributed by atoms with Crippen LogP contribution in [0, 0.1) is 10.1 Å². The van der Waals surface area contributed by atoms with E-state index in [-0.39, 0.29) is 5.76 Å². The van der Waals surface area contributed by atoms with Crippen LogP contribution in [0.15, 0.2) is 28.2 Å². The van der Waals surface area contributed by atoms with E-state index in [9.17, 15) is 14.9 Å². The molecule has 19 heavy (non-hydrogen) atoms. The van der Waals surface area contributed by atoms with E-state index in [1.165, 1.54) is 30.5 Å². The Morgan fingerprint density at radius 2 is 2.26 bits per heavy atom. The number of nitrogens with one attached hydrogen (secondary N) is 1. The molecule has 102 valence electrons. The quantitative estimate of drug-likeness (QED) is 0.503. The van der Waals surface area contributed by atoms with Crippen molar-refractivity contribution in [1.29, 1.82) is 0 Å².